The third-order valence-electron chi connectivity index (χ3n) is 8.30. The number of carbonyl (C=O) groups excluding carboxylic acids is 4. The van der Waals surface area contributed by atoms with Gasteiger partial charge in [0.05, 0.1) is 0 Å². The highest BCUT2D eigenvalue weighted by Crippen LogP contribution is 2.60. The summed E-state index contributed by atoms with van der Waals surface area (Å²) in [5.41, 5.74) is -4.01. The summed E-state index contributed by atoms with van der Waals surface area (Å²) in [5.74, 6) is -3.64. The van der Waals surface area contributed by atoms with E-state index >= 15 is 0 Å². The van der Waals surface area contributed by atoms with E-state index in [1.807, 2.05) is 0 Å². The summed E-state index contributed by atoms with van der Waals surface area (Å²) in [6, 6.07) is 9.67. The van der Waals surface area contributed by atoms with Gasteiger partial charge >= 0.3 is 26.5 Å². The highest BCUT2D eigenvalue weighted by atomic mass is 31.2. The molecule has 1 aromatic heterocycles. The summed E-state index contributed by atoms with van der Waals surface area (Å²) in [6.45, 7) is 1.16. The lowest BCUT2D eigenvalue weighted by molar-refractivity contribution is -0.133. The zero-order valence-electron chi connectivity index (χ0n) is 28.1. The van der Waals surface area contributed by atoms with E-state index in [0.29, 0.717) is 29.8 Å². The minimum atomic E-state index is -5.91. The number of H-pyrrole nitrogens is 1. The minimum absolute atomic E-state index is 0.0586. The van der Waals surface area contributed by atoms with Crippen LogP contribution in [0.25, 0.3) is 10.9 Å². The number of para-hydroxylation sites is 1. The van der Waals surface area contributed by atoms with Crippen molar-refractivity contribution in [2.75, 3.05) is 0 Å². The first kappa shape index (κ1) is 41.9. The van der Waals surface area contributed by atoms with E-state index < -0.39 is 92.2 Å². The number of nitrogens with two attached hydrogens (primary N) is 1. The van der Waals surface area contributed by atoms with Gasteiger partial charge in [0.1, 0.15) is 18.1 Å². The second-order valence-electron chi connectivity index (χ2n) is 12.3. The molecule has 0 aliphatic carbocycles. The predicted octanol–water partition coefficient (Wildman–Crippen LogP) is 2.61. The van der Waals surface area contributed by atoms with Crippen molar-refractivity contribution in [1.29, 1.82) is 0 Å². The molecule has 4 rings (SSSR count). The van der Waals surface area contributed by atoms with Crippen LogP contribution in [0.2, 0.25) is 0 Å². The lowest BCUT2D eigenvalue weighted by Crippen LogP contribution is -2.57. The molecule has 3 aromatic carbocycles. The lowest BCUT2D eigenvalue weighted by Gasteiger charge is -2.25. The van der Waals surface area contributed by atoms with Gasteiger partial charge in [-0.1, -0.05) is 66.7 Å². The number of aromatic amines is 1. The number of hydrogen-bond acceptors (Lipinski definition) is 6. The molecule has 54 heavy (non-hydrogen) atoms. The maximum absolute atomic E-state index is 14.3. The zero-order valence-corrected chi connectivity index (χ0v) is 29.9. The van der Waals surface area contributed by atoms with Gasteiger partial charge in [-0.05, 0) is 22.8 Å². The summed E-state index contributed by atoms with van der Waals surface area (Å²) in [4.78, 5) is 91.3. The number of alkyl halides is 4. The van der Waals surface area contributed by atoms with Crippen LogP contribution < -0.4 is 21.7 Å². The molecular weight excluding hydrogens is 764 g/mol. The zero-order chi connectivity index (χ0) is 40.2. The number of benzene rings is 3. The maximum Gasteiger partial charge on any atom is 0.399 e. The lowest BCUT2D eigenvalue weighted by atomic mass is 10.00. The van der Waals surface area contributed by atoms with E-state index in [1.54, 1.807) is 30.5 Å². The van der Waals surface area contributed by atoms with E-state index in [1.165, 1.54) is 0 Å². The number of fused-ring (bicyclic) bond motifs is 1. The Hall–Kier alpha value is -4.90. The first-order valence-corrected chi connectivity index (χ1v) is 19.0. The van der Waals surface area contributed by atoms with Gasteiger partial charge < -0.3 is 46.2 Å². The van der Waals surface area contributed by atoms with Gasteiger partial charge in [-0.25, -0.2) is 0 Å². The fourth-order valence-corrected chi connectivity index (χ4v) is 6.41. The van der Waals surface area contributed by atoms with Crippen LogP contribution in [0, 0.1) is 0 Å². The van der Waals surface area contributed by atoms with Crippen LogP contribution in [-0.4, -0.2) is 66.3 Å². The maximum atomic E-state index is 14.3. The van der Waals surface area contributed by atoms with Crippen molar-refractivity contribution < 1.29 is 65.4 Å². The van der Waals surface area contributed by atoms with Crippen molar-refractivity contribution in [2.45, 2.75) is 55.6 Å². The minimum Gasteiger partial charge on any atom is -0.368 e. The molecule has 0 aliphatic rings. The highest BCUT2D eigenvalue weighted by Gasteiger charge is 2.51. The molecule has 0 saturated heterocycles. The van der Waals surface area contributed by atoms with Gasteiger partial charge in [0.2, 0.25) is 23.6 Å². The third kappa shape index (κ3) is 9.79. The predicted molar refractivity (Wildman–Crippen MR) is 185 cm³/mol. The summed E-state index contributed by atoms with van der Waals surface area (Å²) >= 11 is 0. The second kappa shape index (κ2) is 16.2. The average molecular weight is 800 g/mol. The number of halogens is 4. The molecule has 1 heterocycles. The Morgan fingerprint density at radius 3 is 1.56 bits per heavy atom. The Labute approximate surface area is 304 Å². The first-order chi connectivity index (χ1) is 25.0. The highest BCUT2D eigenvalue weighted by molar-refractivity contribution is 7.52. The standard InChI is InChI=1S/C33H35F4N5O10P2/c1-18(43)40-28(16-21-17-39-25-5-3-2-4-24(21)25)31(46)42-27(15-20-8-12-23(13-9-20)33(36,37)54(50,51)52)30(45)41-26(29(38)44)14-19-6-10-22(11-7-19)32(34,35)53(47,48)49/h2-13,17,26-28,39H,14-16H2,1H3,(H2,38,44)(H,40,43)(H,41,45)(H,42,46)(H2,47,48,49)(H2,50,51,52)/t26-,27-,28-/m0/s1. The van der Waals surface area contributed by atoms with Crippen LogP contribution in [0.15, 0.2) is 79.0 Å². The smallest absolute Gasteiger partial charge is 0.368 e. The summed E-state index contributed by atoms with van der Waals surface area (Å²) in [7, 11) is -11.8. The summed E-state index contributed by atoms with van der Waals surface area (Å²) in [5, 5.41) is 8.09. The molecule has 0 radical (unpaired) electrons. The molecule has 4 amide bonds. The quantitative estimate of drug-likeness (QED) is 0.0591. The van der Waals surface area contributed by atoms with Crippen LogP contribution in [0.4, 0.5) is 17.6 Å². The molecule has 21 heteroatoms. The molecule has 0 unspecified atom stereocenters. The molecule has 3 atom stereocenters. The largest absolute Gasteiger partial charge is 0.399 e. The van der Waals surface area contributed by atoms with Gasteiger partial charge in [0.15, 0.2) is 0 Å². The van der Waals surface area contributed by atoms with Gasteiger partial charge in [-0.2, -0.15) is 17.6 Å². The fraction of sp³-hybridized carbons (Fsp3) is 0.273. The molecule has 15 nitrogen and oxygen atoms in total. The van der Waals surface area contributed by atoms with Crippen LogP contribution in [0.3, 0.4) is 0 Å². The van der Waals surface area contributed by atoms with Crippen LogP contribution in [0.5, 0.6) is 0 Å². The van der Waals surface area contributed by atoms with Crippen molar-refractivity contribution in [3.63, 3.8) is 0 Å². The molecule has 4 aromatic rings. The Morgan fingerprint density at radius 1 is 0.685 bits per heavy atom. The molecule has 0 aliphatic heterocycles. The van der Waals surface area contributed by atoms with Crippen LogP contribution >= 0.6 is 15.2 Å². The van der Waals surface area contributed by atoms with E-state index in [-0.39, 0.29) is 17.5 Å². The molecule has 0 bridgehead atoms. The van der Waals surface area contributed by atoms with E-state index in [0.717, 1.165) is 42.1 Å². The third-order valence-corrected chi connectivity index (χ3v) is 10.3. The van der Waals surface area contributed by atoms with Crippen molar-refractivity contribution in [2.24, 2.45) is 5.73 Å². The molecule has 290 valence electrons. The Kier molecular flexibility index (Phi) is 12.6. The Morgan fingerprint density at radius 2 is 1.11 bits per heavy atom. The van der Waals surface area contributed by atoms with Gasteiger partial charge in [-0.15, -0.1) is 0 Å². The topological polar surface area (TPSA) is 261 Å². The normalized spacial score (nSPS) is 14.2. The molecule has 0 fully saturated rings. The average Bonchev–Trinajstić information content (AvgIpc) is 3.49. The number of amides is 4. The number of aromatic nitrogens is 1. The van der Waals surface area contributed by atoms with Crippen molar-refractivity contribution in [3.8, 4) is 0 Å². The van der Waals surface area contributed by atoms with E-state index in [9.17, 15) is 45.9 Å². The number of nitrogens with one attached hydrogen (secondary N) is 4. The number of rotatable bonds is 16. The Bertz CT molecular complexity index is 2120. The first-order valence-electron chi connectivity index (χ1n) is 15.8. The van der Waals surface area contributed by atoms with Gasteiger partial charge in [-0.3, -0.25) is 28.3 Å². The number of carbonyl (C=O) groups is 4. The monoisotopic (exact) mass is 799 g/mol. The number of primary amides is 1. The van der Waals surface area contributed by atoms with Crippen molar-refractivity contribution >= 4 is 49.7 Å². The second-order valence-corrected chi connectivity index (χ2v) is 15.6. The van der Waals surface area contributed by atoms with Crippen LogP contribution in [0.1, 0.15) is 34.7 Å². The van der Waals surface area contributed by atoms with Crippen LogP contribution in [-0.2, 0) is 58.9 Å². The van der Waals surface area contributed by atoms with E-state index in [2.05, 4.69) is 20.9 Å². The molecule has 10 N–H and O–H groups in total. The molecule has 0 spiro atoms. The molecular formula is C33H35F4N5O10P2. The summed E-state index contributed by atoms with van der Waals surface area (Å²) < 4.78 is 79.5. The van der Waals surface area contributed by atoms with Gasteiger partial charge in [0, 0.05) is 54.4 Å². The summed E-state index contributed by atoms with van der Waals surface area (Å²) in [6.07, 6.45) is 0.710. The Balaban J connectivity index is 1.62. The SMILES string of the molecule is CC(=O)N[C@@H](Cc1c[nH]c2ccccc12)C(=O)N[C@@H](Cc1ccc(C(F)(F)P(=O)(O)O)cc1)C(=O)N[C@@H](Cc1ccc(C(F)(F)P(=O)(O)O)cc1)C(N)=O. The molecule has 0 saturated carbocycles. The van der Waals surface area contributed by atoms with Crippen molar-refractivity contribution in [1.82, 2.24) is 20.9 Å². The van der Waals surface area contributed by atoms with Crippen molar-refractivity contribution in [3.05, 3.63) is 107 Å². The fourth-order valence-electron chi connectivity index (χ4n) is 5.44. The van der Waals surface area contributed by atoms with Gasteiger partial charge in [0.25, 0.3) is 0 Å². The number of hydrogen-bond donors (Lipinski definition) is 9. The van der Waals surface area contributed by atoms with E-state index in [4.69, 9.17) is 25.3 Å².